The smallest absolute Gasteiger partial charge is 0.266 e. The molecule has 3 rings (SSSR count). The van der Waals surface area contributed by atoms with E-state index in [1.54, 1.807) is 28.5 Å². The fraction of sp³-hybridized carbons (Fsp3) is 0.118. The van der Waals surface area contributed by atoms with Gasteiger partial charge in [-0.3, -0.25) is 4.79 Å². The van der Waals surface area contributed by atoms with Crippen molar-refractivity contribution in [1.82, 2.24) is 15.1 Å². The van der Waals surface area contributed by atoms with Crippen LogP contribution in [0, 0.1) is 11.3 Å². The third kappa shape index (κ3) is 3.14. The summed E-state index contributed by atoms with van der Waals surface area (Å²) in [6.45, 7) is 0. The van der Waals surface area contributed by atoms with Crippen LogP contribution in [0.1, 0.15) is 21.3 Å². The highest BCUT2D eigenvalue weighted by Crippen LogP contribution is 2.25. The van der Waals surface area contributed by atoms with Crippen molar-refractivity contribution in [3.8, 4) is 17.5 Å². The van der Waals surface area contributed by atoms with Gasteiger partial charge in [0.05, 0.1) is 25.1 Å². The quantitative estimate of drug-likeness (QED) is 0.775. The summed E-state index contributed by atoms with van der Waals surface area (Å²) in [4.78, 5) is 12.8. The Balaban J connectivity index is 1.79. The molecule has 0 fully saturated rings. The number of rotatable bonds is 5. The van der Waals surface area contributed by atoms with Crippen molar-refractivity contribution in [3.05, 3.63) is 64.6 Å². The van der Waals surface area contributed by atoms with Gasteiger partial charge in [0.25, 0.3) is 5.91 Å². The van der Waals surface area contributed by atoms with Gasteiger partial charge in [-0.1, -0.05) is 18.2 Å². The van der Waals surface area contributed by atoms with E-state index >= 15 is 0 Å². The van der Waals surface area contributed by atoms with Gasteiger partial charge in [0.1, 0.15) is 16.7 Å². The van der Waals surface area contributed by atoms with Gasteiger partial charge in [-0.2, -0.15) is 10.4 Å². The van der Waals surface area contributed by atoms with Crippen molar-refractivity contribution in [2.45, 2.75) is 6.04 Å². The molecule has 0 aliphatic rings. The molecule has 0 spiro atoms. The van der Waals surface area contributed by atoms with Gasteiger partial charge in [0.2, 0.25) is 0 Å². The Kier molecular flexibility index (Phi) is 4.59. The minimum absolute atomic E-state index is 0.346. The highest BCUT2D eigenvalue weighted by atomic mass is 32.1. The van der Waals surface area contributed by atoms with Crippen LogP contribution in [-0.2, 0) is 0 Å². The van der Waals surface area contributed by atoms with Crippen molar-refractivity contribution in [1.29, 1.82) is 5.26 Å². The maximum absolute atomic E-state index is 12.3. The van der Waals surface area contributed by atoms with E-state index in [1.165, 1.54) is 18.4 Å². The van der Waals surface area contributed by atoms with Gasteiger partial charge in [-0.15, -0.1) is 11.3 Å². The maximum Gasteiger partial charge on any atom is 0.266 e. The first-order valence-corrected chi connectivity index (χ1v) is 8.03. The zero-order chi connectivity index (χ0) is 16.9. The van der Waals surface area contributed by atoms with Crippen LogP contribution in [-0.4, -0.2) is 22.8 Å². The second-order valence-electron chi connectivity index (χ2n) is 4.91. The highest BCUT2D eigenvalue weighted by molar-refractivity contribution is 7.12. The summed E-state index contributed by atoms with van der Waals surface area (Å²) >= 11 is 1.26. The average molecular weight is 338 g/mol. The van der Waals surface area contributed by atoms with Crippen LogP contribution >= 0.6 is 11.3 Å². The Labute approximate surface area is 142 Å². The number of benzene rings is 1. The summed E-state index contributed by atoms with van der Waals surface area (Å²) in [5.74, 6) is 0.148. The average Bonchev–Trinajstić information content (AvgIpc) is 3.29. The molecule has 7 heteroatoms. The molecule has 0 radical (unpaired) electrons. The van der Waals surface area contributed by atoms with Crippen LogP contribution in [0.4, 0.5) is 0 Å². The molecule has 1 aromatic carbocycles. The number of methoxy groups -OCH3 is 1. The van der Waals surface area contributed by atoms with E-state index in [4.69, 9.17) is 4.74 Å². The number of hydrogen-bond donors (Lipinski definition) is 1. The largest absolute Gasteiger partial charge is 0.495 e. The summed E-state index contributed by atoms with van der Waals surface area (Å²) < 4.78 is 6.80. The molecule has 1 atom stereocenters. The number of nitrogens with one attached hydrogen (secondary N) is 1. The van der Waals surface area contributed by atoms with Crippen LogP contribution in [0.15, 0.2) is 54.2 Å². The number of nitriles is 1. The van der Waals surface area contributed by atoms with E-state index in [2.05, 4.69) is 16.5 Å². The summed E-state index contributed by atoms with van der Waals surface area (Å²) in [6, 6.07) is 12.6. The first kappa shape index (κ1) is 15.8. The first-order chi connectivity index (χ1) is 11.7. The molecule has 0 aliphatic heterocycles. The van der Waals surface area contributed by atoms with Crippen LogP contribution in [0.25, 0.3) is 5.69 Å². The lowest BCUT2D eigenvalue weighted by molar-refractivity contribution is 0.0946. The number of thiophene rings is 1. The lowest BCUT2D eigenvalue weighted by Crippen LogP contribution is -2.27. The minimum atomic E-state index is -0.790. The van der Waals surface area contributed by atoms with Crippen molar-refractivity contribution in [2.24, 2.45) is 0 Å². The highest BCUT2D eigenvalue weighted by Gasteiger charge is 2.20. The molecule has 1 amide bonds. The number of amides is 1. The second-order valence-corrected chi connectivity index (χ2v) is 5.82. The van der Waals surface area contributed by atoms with Gasteiger partial charge >= 0.3 is 0 Å². The molecule has 6 nitrogen and oxygen atoms in total. The molecule has 2 heterocycles. The first-order valence-electron chi connectivity index (χ1n) is 7.15. The fourth-order valence-corrected chi connectivity index (χ4v) is 2.98. The molecule has 0 unspecified atom stereocenters. The molecule has 2 aromatic heterocycles. The van der Waals surface area contributed by atoms with Crippen molar-refractivity contribution >= 4 is 17.2 Å². The fourth-order valence-electron chi connectivity index (χ4n) is 2.22. The van der Waals surface area contributed by atoms with E-state index in [9.17, 15) is 10.1 Å². The molecule has 0 saturated carbocycles. The summed E-state index contributed by atoms with van der Waals surface area (Å²) in [5.41, 5.74) is 1.50. The number of nitrogens with zero attached hydrogens (tertiary/aromatic N) is 3. The second kappa shape index (κ2) is 6.98. The maximum atomic E-state index is 12.3. The normalized spacial score (nSPS) is 11.5. The van der Waals surface area contributed by atoms with Crippen molar-refractivity contribution in [2.75, 3.05) is 7.11 Å². The van der Waals surface area contributed by atoms with E-state index in [-0.39, 0.29) is 5.91 Å². The Morgan fingerprint density at radius 1 is 1.38 bits per heavy atom. The predicted molar refractivity (Wildman–Crippen MR) is 90.3 cm³/mol. The van der Waals surface area contributed by atoms with Crippen molar-refractivity contribution < 1.29 is 9.53 Å². The third-order valence-electron chi connectivity index (χ3n) is 3.42. The molecule has 1 N–H and O–H groups in total. The molecule has 120 valence electrons. The molecule has 24 heavy (non-hydrogen) atoms. The monoisotopic (exact) mass is 338 g/mol. The SMILES string of the molecule is COc1ccsc1C(=O)N[C@@H](C#N)c1cnn(-c2ccccc2)c1. The lowest BCUT2D eigenvalue weighted by atomic mass is 10.2. The van der Waals surface area contributed by atoms with Gasteiger partial charge in [0.15, 0.2) is 0 Å². The molecular formula is C17H14N4O2S. The number of para-hydroxylation sites is 1. The zero-order valence-electron chi connectivity index (χ0n) is 12.8. The Morgan fingerprint density at radius 2 is 2.17 bits per heavy atom. The standard InChI is InChI=1S/C17H14N4O2S/c1-23-15-7-8-24-16(15)17(22)20-14(9-18)12-10-19-21(11-12)13-5-3-2-4-6-13/h2-8,10-11,14H,1H3,(H,20,22)/t14-/m0/s1. The van der Waals surface area contributed by atoms with Crippen LogP contribution in [0.5, 0.6) is 5.75 Å². The number of hydrogen-bond acceptors (Lipinski definition) is 5. The molecule has 3 aromatic rings. The molecule has 0 saturated heterocycles. The number of carbonyl (C=O) groups excluding carboxylic acids is 1. The number of aromatic nitrogens is 2. The van der Waals surface area contributed by atoms with Gasteiger partial charge in [-0.25, -0.2) is 4.68 Å². The van der Waals surface area contributed by atoms with Gasteiger partial charge in [-0.05, 0) is 23.6 Å². The number of ether oxygens (including phenoxy) is 1. The topological polar surface area (TPSA) is 79.9 Å². The summed E-state index contributed by atoms with van der Waals surface area (Å²) in [7, 11) is 1.50. The molecular weight excluding hydrogens is 324 g/mol. The Bertz CT molecular complexity index is 879. The Hall–Kier alpha value is -3.11. The van der Waals surface area contributed by atoms with Gasteiger partial charge < -0.3 is 10.1 Å². The number of carbonyl (C=O) groups is 1. The van der Waals surface area contributed by atoms with Crippen LogP contribution in [0.2, 0.25) is 0 Å². The summed E-state index contributed by atoms with van der Waals surface area (Å²) in [5, 5.41) is 18.1. The third-order valence-corrected chi connectivity index (χ3v) is 4.31. The van der Waals surface area contributed by atoms with E-state index in [1.807, 2.05) is 30.3 Å². The minimum Gasteiger partial charge on any atom is -0.495 e. The molecule has 0 aliphatic carbocycles. The molecule has 0 bridgehead atoms. The van der Waals surface area contributed by atoms with E-state index in [0.29, 0.717) is 16.2 Å². The van der Waals surface area contributed by atoms with Crippen molar-refractivity contribution in [3.63, 3.8) is 0 Å². The zero-order valence-corrected chi connectivity index (χ0v) is 13.7. The van der Waals surface area contributed by atoms with E-state index < -0.39 is 6.04 Å². The predicted octanol–water partition coefficient (Wildman–Crippen LogP) is 2.94. The van der Waals surface area contributed by atoms with Crippen LogP contribution in [0.3, 0.4) is 0 Å². The lowest BCUT2D eigenvalue weighted by Gasteiger charge is -2.09. The van der Waals surface area contributed by atoms with Crippen LogP contribution < -0.4 is 10.1 Å². The summed E-state index contributed by atoms with van der Waals surface area (Å²) in [6.07, 6.45) is 3.31. The van der Waals surface area contributed by atoms with Gasteiger partial charge in [0, 0.05) is 11.8 Å². The Morgan fingerprint density at radius 3 is 2.88 bits per heavy atom. The van der Waals surface area contributed by atoms with E-state index in [0.717, 1.165) is 5.69 Å².